The van der Waals surface area contributed by atoms with Crippen molar-refractivity contribution in [2.45, 2.75) is 20.4 Å². The van der Waals surface area contributed by atoms with Crippen molar-refractivity contribution < 1.29 is 14.1 Å². The highest BCUT2D eigenvalue weighted by Crippen LogP contribution is 2.21. The summed E-state index contributed by atoms with van der Waals surface area (Å²) in [6, 6.07) is 7.37. The van der Waals surface area contributed by atoms with Gasteiger partial charge in [-0.3, -0.25) is 9.69 Å². The number of carbonyl (C=O) groups is 1. The molecule has 3 rings (SSSR count). The first-order valence-corrected chi connectivity index (χ1v) is 8.16. The Hall–Kier alpha value is -2.05. The molecular formula is C18H24ClN3O3. The first-order valence-electron chi connectivity index (χ1n) is 8.16. The Labute approximate surface area is 154 Å². The lowest BCUT2D eigenvalue weighted by Crippen LogP contribution is -2.48. The van der Waals surface area contributed by atoms with Gasteiger partial charge < -0.3 is 14.2 Å². The first-order chi connectivity index (χ1) is 11.6. The van der Waals surface area contributed by atoms with Crippen LogP contribution in [-0.4, -0.2) is 54.2 Å². The maximum atomic E-state index is 12.7. The van der Waals surface area contributed by atoms with Gasteiger partial charge in [0, 0.05) is 38.3 Å². The first kappa shape index (κ1) is 19.3. The highest BCUT2D eigenvalue weighted by Gasteiger charge is 2.25. The van der Waals surface area contributed by atoms with Gasteiger partial charge in [-0.1, -0.05) is 17.3 Å². The molecule has 25 heavy (non-hydrogen) atoms. The Morgan fingerprint density at radius 2 is 1.88 bits per heavy atom. The van der Waals surface area contributed by atoms with E-state index in [0.29, 0.717) is 24.4 Å². The minimum absolute atomic E-state index is 0. The Morgan fingerprint density at radius 3 is 2.48 bits per heavy atom. The van der Waals surface area contributed by atoms with Crippen LogP contribution in [0.3, 0.4) is 0 Å². The van der Waals surface area contributed by atoms with Crippen molar-refractivity contribution in [1.29, 1.82) is 0 Å². The van der Waals surface area contributed by atoms with Gasteiger partial charge in [0.25, 0.3) is 5.91 Å². The average Bonchev–Trinajstić information content (AvgIpc) is 2.93. The van der Waals surface area contributed by atoms with E-state index in [1.807, 2.05) is 43.0 Å². The van der Waals surface area contributed by atoms with Gasteiger partial charge in [-0.25, -0.2) is 0 Å². The van der Waals surface area contributed by atoms with Gasteiger partial charge in [0.2, 0.25) is 0 Å². The summed E-state index contributed by atoms with van der Waals surface area (Å²) in [5.41, 5.74) is 2.72. The summed E-state index contributed by atoms with van der Waals surface area (Å²) in [5.74, 6) is 1.53. The molecule has 6 nitrogen and oxygen atoms in total. The van der Waals surface area contributed by atoms with E-state index in [1.165, 1.54) is 0 Å². The molecule has 1 aromatic heterocycles. The number of halogens is 1. The van der Waals surface area contributed by atoms with Crippen molar-refractivity contribution in [3.05, 3.63) is 46.8 Å². The normalized spacial score (nSPS) is 14.9. The van der Waals surface area contributed by atoms with Gasteiger partial charge in [0.15, 0.2) is 0 Å². The zero-order chi connectivity index (χ0) is 17.1. The number of para-hydroxylation sites is 1. The molecule has 1 saturated heterocycles. The standard InChI is InChI=1S/C18H23N3O3.ClH/c1-13-16(14(2)24-19-13)12-20-8-10-21(11-9-20)18(22)15-6-4-5-7-17(15)23-3;/h4-7H,8-12H2,1-3H3;1H. The van der Waals surface area contributed by atoms with Crippen molar-refractivity contribution in [1.82, 2.24) is 15.0 Å². The number of ether oxygens (including phenoxy) is 1. The number of aryl methyl sites for hydroxylation is 2. The molecule has 1 aliphatic rings. The summed E-state index contributed by atoms with van der Waals surface area (Å²) in [7, 11) is 1.59. The molecule has 2 aromatic rings. The van der Waals surface area contributed by atoms with Crippen molar-refractivity contribution in [3.8, 4) is 5.75 Å². The van der Waals surface area contributed by atoms with Crippen molar-refractivity contribution in [2.75, 3.05) is 33.3 Å². The van der Waals surface area contributed by atoms with E-state index in [1.54, 1.807) is 7.11 Å². The number of amides is 1. The lowest BCUT2D eigenvalue weighted by molar-refractivity contribution is 0.0624. The third-order valence-corrected chi connectivity index (χ3v) is 4.56. The molecule has 0 radical (unpaired) electrons. The number of piperazine rings is 1. The number of carbonyl (C=O) groups excluding carboxylic acids is 1. The van der Waals surface area contributed by atoms with E-state index < -0.39 is 0 Å². The van der Waals surface area contributed by atoms with E-state index in [2.05, 4.69) is 10.1 Å². The second kappa shape index (κ2) is 8.36. The predicted octanol–water partition coefficient (Wildman–Crippen LogP) is 2.68. The van der Waals surface area contributed by atoms with Gasteiger partial charge >= 0.3 is 0 Å². The Bertz CT molecular complexity index is 705. The summed E-state index contributed by atoms with van der Waals surface area (Å²) in [4.78, 5) is 16.9. The molecule has 0 saturated carbocycles. The van der Waals surface area contributed by atoms with E-state index in [4.69, 9.17) is 9.26 Å². The number of rotatable bonds is 4. The highest BCUT2D eigenvalue weighted by atomic mass is 35.5. The van der Waals surface area contributed by atoms with Crippen LogP contribution in [0.1, 0.15) is 27.4 Å². The monoisotopic (exact) mass is 365 g/mol. The lowest BCUT2D eigenvalue weighted by atomic mass is 10.1. The van der Waals surface area contributed by atoms with Crippen LogP contribution in [0.15, 0.2) is 28.8 Å². The number of hydrogen-bond acceptors (Lipinski definition) is 5. The minimum Gasteiger partial charge on any atom is -0.496 e. The van der Waals surface area contributed by atoms with E-state index in [9.17, 15) is 4.79 Å². The zero-order valence-corrected chi connectivity index (χ0v) is 15.6. The highest BCUT2D eigenvalue weighted by molar-refractivity contribution is 5.97. The Kier molecular flexibility index (Phi) is 6.45. The van der Waals surface area contributed by atoms with Crippen LogP contribution in [0.25, 0.3) is 0 Å². The third kappa shape index (κ3) is 4.14. The SMILES string of the molecule is COc1ccccc1C(=O)N1CCN(Cc2c(C)noc2C)CC1.Cl. The lowest BCUT2D eigenvalue weighted by Gasteiger charge is -2.34. The number of hydrogen-bond donors (Lipinski definition) is 0. The molecule has 1 amide bonds. The van der Waals surface area contributed by atoms with Crippen LogP contribution < -0.4 is 4.74 Å². The van der Waals surface area contributed by atoms with Crippen molar-refractivity contribution >= 4 is 18.3 Å². The maximum Gasteiger partial charge on any atom is 0.257 e. The molecule has 1 fully saturated rings. The molecule has 2 heterocycles. The second-order valence-corrected chi connectivity index (χ2v) is 6.07. The van der Waals surface area contributed by atoms with E-state index in [-0.39, 0.29) is 18.3 Å². The van der Waals surface area contributed by atoms with E-state index >= 15 is 0 Å². The predicted molar refractivity (Wildman–Crippen MR) is 97.4 cm³/mol. The molecule has 7 heteroatoms. The van der Waals surface area contributed by atoms with Crippen LogP contribution in [-0.2, 0) is 6.54 Å². The smallest absolute Gasteiger partial charge is 0.257 e. The van der Waals surface area contributed by atoms with Gasteiger partial charge in [0.05, 0.1) is 18.4 Å². The van der Waals surface area contributed by atoms with Crippen LogP contribution in [0, 0.1) is 13.8 Å². The third-order valence-electron chi connectivity index (χ3n) is 4.56. The van der Waals surface area contributed by atoms with Crippen molar-refractivity contribution in [2.24, 2.45) is 0 Å². The van der Waals surface area contributed by atoms with E-state index in [0.717, 1.165) is 36.7 Å². The molecule has 0 atom stereocenters. The maximum absolute atomic E-state index is 12.7. The number of nitrogens with zero attached hydrogens (tertiary/aromatic N) is 3. The summed E-state index contributed by atoms with van der Waals surface area (Å²) >= 11 is 0. The quantitative estimate of drug-likeness (QED) is 0.833. The van der Waals surface area contributed by atoms with Gasteiger partial charge in [-0.2, -0.15) is 0 Å². The molecule has 0 unspecified atom stereocenters. The van der Waals surface area contributed by atoms with Crippen LogP contribution in [0.5, 0.6) is 5.75 Å². The molecule has 1 aliphatic heterocycles. The molecule has 0 aliphatic carbocycles. The Morgan fingerprint density at radius 1 is 1.20 bits per heavy atom. The van der Waals surface area contributed by atoms with Crippen molar-refractivity contribution in [3.63, 3.8) is 0 Å². The van der Waals surface area contributed by atoms with Crippen LogP contribution >= 0.6 is 12.4 Å². The number of methoxy groups -OCH3 is 1. The van der Waals surface area contributed by atoms with Crippen LogP contribution in [0.2, 0.25) is 0 Å². The topological polar surface area (TPSA) is 58.8 Å². The van der Waals surface area contributed by atoms with Gasteiger partial charge in [-0.05, 0) is 26.0 Å². The second-order valence-electron chi connectivity index (χ2n) is 6.07. The molecule has 1 aromatic carbocycles. The number of aromatic nitrogens is 1. The number of benzene rings is 1. The molecular weight excluding hydrogens is 342 g/mol. The summed E-state index contributed by atoms with van der Waals surface area (Å²) in [6.07, 6.45) is 0. The molecule has 136 valence electrons. The molecule has 0 bridgehead atoms. The van der Waals surface area contributed by atoms with Gasteiger partial charge in [0.1, 0.15) is 11.5 Å². The summed E-state index contributed by atoms with van der Waals surface area (Å²) in [5, 5.41) is 4.00. The fourth-order valence-electron chi connectivity index (χ4n) is 3.05. The summed E-state index contributed by atoms with van der Waals surface area (Å²) < 4.78 is 10.5. The average molecular weight is 366 g/mol. The fourth-order valence-corrected chi connectivity index (χ4v) is 3.05. The van der Waals surface area contributed by atoms with Crippen LogP contribution in [0.4, 0.5) is 0 Å². The largest absolute Gasteiger partial charge is 0.496 e. The summed E-state index contributed by atoms with van der Waals surface area (Å²) in [6.45, 7) is 7.82. The minimum atomic E-state index is 0. The molecule has 0 N–H and O–H groups in total. The zero-order valence-electron chi connectivity index (χ0n) is 14.8. The fraction of sp³-hybridized carbons (Fsp3) is 0.444. The Balaban J connectivity index is 0.00000225. The molecule has 0 spiro atoms. The van der Waals surface area contributed by atoms with Gasteiger partial charge in [-0.15, -0.1) is 12.4 Å².